The van der Waals surface area contributed by atoms with E-state index in [4.69, 9.17) is 4.74 Å². The van der Waals surface area contributed by atoms with Crippen molar-refractivity contribution < 1.29 is 18.3 Å². The van der Waals surface area contributed by atoms with Crippen molar-refractivity contribution in [2.75, 3.05) is 12.4 Å². The zero-order valence-electron chi connectivity index (χ0n) is 11.3. The molecular formula is C14H20O4S. The zero-order chi connectivity index (χ0) is 14.0. The molecule has 0 radical (unpaired) electrons. The van der Waals surface area contributed by atoms with Crippen molar-refractivity contribution in [3.05, 3.63) is 29.3 Å². The molecule has 0 aromatic heterocycles. The Morgan fingerprint density at radius 2 is 2.16 bits per heavy atom. The Bertz CT molecular complexity index is 549. The zero-order valence-corrected chi connectivity index (χ0v) is 12.1. The number of fused-ring (bicyclic) bond motifs is 1. The van der Waals surface area contributed by atoms with Crippen LogP contribution in [0.25, 0.3) is 0 Å². The van der Waals surface area contributed by atoms with Crippen LogP contribution in [0.5, 0.6) is 5.75 Å². The Morgan fingerprint density at radius 1 is 1.42 bits per heavy atom. The van der Waals surface area contributed by atoms with Crippen LogP contribution in [0, 0.1) is 0 Å². The Labute approximate surface area is 114 Å². The smallest absolute Gasteiger partial charge is 0.155 e. The van der Waals surface area contributed by atoms with Gasteiger partial charge in [-0.05, 0) is 38.3 Å². The lowest BCUT2D eigenvalue weighted by Crippen LogP contribution is -2.22. The van der Waals surface area contributed by atoms with Crippen LogP contribution < -0.4 is 4.74 Å². The van der Waals surface area contributed by atoms with Crippen molar-refractivity contribution in [1.29, 1.82) is 0 Å². The Morgan fingerprint density at radius 3 is 2.84 bits per heavy atom. The van der Waals surface area contributed by atoms with Crippen molar-refractivity contribution in [3.63, 3.8) is 0 Å². The van der Waals surface area contributed by atoms with Gasteiger partial charge in [0, 0.05) is 5.56 Å². The minimum Gasteiger partial charge on any atom is -0.492 e. The number of benzene rings is 1. The van der Waals surface area contributed by atoms with Crippen molar-refractivity contribution in [2.45, 2.75) is 38.0 Å². The third-order valence-corrected chi connectivity index (χ3v) is 5.71. The van der Waals surface area contributed by atoms with E-state index in [0.29, 0.717) is 12.2 Å². The number of sulfone groups is 1. The summed E-state index contributed by atoms with van der Waals surface area (Å²) in [6.45, 7) is 3.50. The highest BCUT2D eigenvalue weighted by Crippen LogP contribution is 2.36. The van der Waals surface area contributed by atoms with Crippen LogP contribution in [0.3, 0.4) is 0 Å². The predicted molar refractivity (Wildman–Crippen MR) is 74.1 cm³/mol. The van der Waals surface area contributed by atoms with Crippen LogP contribution in [0.2, 0.25) is 0 Å². The number of ether oxygens (including phenoxy) is 1. The molecule has 5 heteroatoms. The van der Waals surface area contributed by atoms with Crippen LogP contribution in [0.1, 0.15) is 37.5 Å². The average Bonchev–Trinajstić information content (AvgIpc) is 2.72. The van der Waals surface area contributed by atoms with Gasteiger partial charge in [-0.3, -0.25) is 0 Å². The Hall–Kier alpha value is -1.07. The number of hydrogen-bond donors (Lipinski definition) is 1. The van der Waals surface area contributed by atoms with Gasteiger partial charge < -0.3 is 9.84 Å². The lowest BCUT2D eigenvalue weighted by molar-refractivity contribution is 0.180. The molecule has 0 fully saturated rings. The van der Waals surface area contributed by atoms with Crippen LogP contribution in [0.15, 0.2) is 18.2 Å². The van der Waals surface area contributed by atoms with Crippen LogP contribution in [-0.4, -0.2) is 31.1 Å². The molecule has 0 bridgehead atoms. The highest BCUT2D eigenvalue weighted by atomic mass is 32.2. The fourth-order valence-corrected chi connectivity index (χ4v) is 3.02. The maximum absolute atomic E-state index is 11.7. The molecule has 106 valence electrons. The molecule has 0 heterocycles. The van der Waals surface area contributed by atoms with Gasteiger partial charge in [-0.25, -0.2) is 8.42 Å². The molecule has 4 nitrogen and oxygen atoms in total. The lowest BCUT2D eigenvalue weighted by Gasteiger charge is -2.12. The number of aliphatic hydroxyl groups is 1. The van der Waals surface area contributed by atoms with E-state index in [1.807, 2.05) is 18.2 Å². The van der Waals surface area contributed by atoms with Gasteiger partial charge in [0.05, 0.1) is 17.1 Å². The molecule has 1 N–H and O–H groups in total. The molecule has 1 atom stereocenters. The van der Waals surface area contributed by atoms with Gasteiger partial charge in [0.15, 0.2) is 9.84 Å². The standard InChI is InChI=1S/C14H20O4S/c1-10(2)19(16,17)9-8-18-14-5-3-4-11-12(14)6-7-13(11)15/h3-5,10,13,15H,6-9H2,1-2H3. The molecule has 0 amide bonds. The topological polar surface area (TPSA) is 63.6 Å². The van der Waals surface area contributed by atoms with Gasteiger partial charge >= 0.3 is 0 Å². The third kappa shape index (κ3) is 3.09. The average molecular weight is 284 g/mol. The Kier molecular flexibility index (Phi) is 4.16. The lowest BCUT2D eigenvalue weighted by atomic mass is 10.1. The van der Waals surface area contributed by atoms with Crippen molar-refractivity contribution >= 4 is 9.84 Å². The van der Waals surface area contributed by atoms with Gasteiger partial charge in [0.2, 0.25) is 0 Å². The van der Waals surface area contributed by atoms with Gasteiger partial charge in [-0.15, -0.1) is 0 Å². The maximum atomic E-state index is 11.7. The van der Waals surface area contributed by atoms with E-state index in [1.54, 1.807) is 13.8 Å². The predicted octanol–water partition coefficient (Wildman–Crippen LogP) is 1.87. The highest BCUT2D eigenvalue weighted by Gasteiger charge is 2.23. The summed E-state index contributed by atoms with van der Waals surface area (Å²) in [4.78, 5) is 0. The first-order chi connectivity index (χ1) is 8.92. The monoisotopic (exact) mass is 284 g/mol. The minimum absolute atomic E-state index is 0.0247. The van der Waals surface area contributed by atoms with Crippen LogP contribution in [0.4, 0.5) is 0 Å². The summed E-state index contributed by atoms with van der Waals surface area (Å²) in [5, 5.41) is 9.41. The molecule has 19 heavy (non-hydrogen) atoms. The second-order valence-corrected chi connectivity index (χ2v) is 7.82. The van der Waals surface area contributed by atoms with Crippen molar-refractivity contribution in [3.8, 4) is 5.75 Å². The summed E-state index contributed by atoms with van der Waals surface area (Å²) in [6, 6.07) is 5.56. The molecule has 1 aromatic carbocycles. The number of hydrogen-bond acceptors (Lipinski definition) is 4. The second-order valence-electron chi connectivity index (χ2n) is 5.14. The fourth-order valence-electron chi connectivity index (χ4n) is 2.24. The van der Waals surface area contributed by atoms with Gasteiger partial charge in [0.25, 0.3) is 0 Å². The summed E-state index contributed by atoms with van der Waals surface area (Å²) in [6.07, 6.45) is 1.07. The van der Waals surface area contributed by atoms with E-state index in [2.05, 4.69) is 0 Å². The largest absolute Gasteiger partial charge is 0.492 e. The molecular weight excluding hydrogens is 264 g/mol. The molecule has 1 aromatic rings. The van der Waals surface area contributed by atoms with E-state index in [-0.39, 0.29) is 17.6 Å². The summed E-state index contributed by atoms with van der Waals surface area (Å²) in [7, 11) is -3.07. The SMILES string of the molecule is CC(C)S(=O)(=O)CCOc1cccc2c1CCC2O. The molecule has 1 aliphatic rings. The van der Waals surface area contributed by atoms with E-state index in [0.717, 1.165) is 17.5 Å². The highest BCUT2D eigenvalue weighted by molar-refractivity contribution is 7.91. The van der Waals surface area contributed by atoms with Crippen molar-refractivity contribution in [2.24, 2.45) is 0 Å². The molecule has 1 unspecified atom stereocenters. The number of aliphatic hydroxyl groups excluding tert-OH is 1. The molecule has 2 rings (SSSR count). The fraction of sp³-hybridized carbons (Fsp3) is 0.571. The Balaban J connectivity index is 2.02. The molecule has 1 aliphatic carbocycles. The summed E-state index contributed by atoms with van der Waals surface area (Å²) < 4.78 is 29.0. The minimum atomic E-state index is -3.07. The molecule has 0 spiro atoms. The maximum Gasteiger partial charge on any atom is 0.155 e. The summed E-state index contributed by atoms with van der Waals surface area (Å²) in [5.74, 6) is 0.727. The van der Waals surface area contributed by atoms with Gasteiger partial charge in [-0.1, -0.05) is 12.1 Å². The van der Waals surface area contributed by atoms with Crippen LogP contribution >= 0.6 is 0 Å². The molecule has 0 saturated carbocycles. The summed E-state index contributed by atoms with van der Waals surface area (Å²) in [5.41, 5.74) is 1.92. The number of rotatable bonds is 5. The quantitative estimate of drug-likeness (QED) is 0.896. The van der Waals surface area contributed by atoms with E-state index < -0.39 is 15.9 Å². The summed E-state index contributed by atoms with van der Waals surface area (Å²) >= 11 is 0. The first kappa shape index (κ1) is 14.3. The van der Waals surface area contributed by atoms with Crippen molar-refractivity contribution in [1.82, 2.24) is 0 Å². The third-order valence-electron chi connectivity index (χ3n) is 3.54. The first-order valence-electron chi connectivity index (χ1n) is 6.56. The van der Waals surface area contributed by atoms with E-state index in [9.17, 15) is 13.5 Å². The first-order valence-corrected chi connectivity index (χ1v) is 8.27. The van der Waals surface area contributed by atoms with Crippen LogP contribution in [-0.2, 0) is 16.3 Å². The molecule has 0 aliphatic heterocycles. The normalized spacial score (nSPS) is 18.6. The van der Waals surface area contributed by atoms with E-state index in [1.165, 1.54) is 0 Å². The van der Waals surface area contributed by atoms with Gasteiger partial charge in [0.1, 0.15) is 12.4 Å². The van der Waals surface area contributed by atoms with E-state index >= 15 is 0 Å². The van der Waals surface area contributed by atoms with Gasteiger partial charge in [-0.2, -0.15) is 0 Å². The second kappa shape index (κ2) is 5.51. The molecule has 0 saturated heterocycles.